The van der Waals surface area contributed by atoms with E-state index in [1.807, 2.05) is 24.3 Å². The molecular weight excluding hydrogens is 724 g/mol. The molecule has 10 nitrogen and oxygen atoms in total. The molecule has 8 bridgehead atoms. The van der Waals surface area contributed by atoms with Crippen LogP contribution in [0.4, 0.5) is 11.4 Å². The molecule has 0 saturated carbocycles. The van der Waals surface area contributed by atoms with Crippen molar-refractivity contribution in [3.05, 3.63) is 125 Å². The second-order valence-electron chi connectivity index (χ2n) is 11.0. The number of non-ortho nitro benzene ring substituents is 2. The van der Waals surface area contributed by atoms with Crippen LogP contribution < -0.4 is 9.47 Å². The fraction of sp³-hybridized carbons (Fsp3) is 0.294. The molecule has 0 saturated heterocycles. The molecule has 12 heteroatoms. The number of phenols is 2. The van der Waals surface area contributed by atoms with Gasteiger partial charge in [0, 0.05) is 82.9 Å². The zero-order chi connectivity index (χ0) is 32.8. The lowest BCUT2D eigenvalue weighted by Crippen LogP contribution is -2.08. The topological polar surface area (TPSA) is 145 Å². The van der Waals surface area contributed by atoms with Gasteiger partial charge in [0.2, 0.25) is 0 Å². The van der Waals surface area contributed by atoms with Gasteiger partial charge in [0.15, 0.2) is 0 Å². The third kappa shape index (κ3) is 7.45. The summed E-state index contributed by atoms with van der Waals surface area (Å²) in [6.45, 7) is 0.722. The van der Waals surface area contributed by atoms with Gasteiger partial charge in [-0.2, -0.15) is 0 Å². The molecule has 0 aromatic heterocycles. The Hall–Kier alpha value is -4.16. The van der Waals surface area contributed by atoms with Crippen molar-refractivity contribution in [1.82, 2.24) is 0 Å². The summed E-state index contributed by atoms with van der Waals surface area (Å²) in [6, 6.07) is 16.4. The van der Waals surface area contributed by atoms with E-state index in [4.69, 9.17) is 9.47 Å². The Bertz CT molecular complexity index is 1560. The van der Waals surface area contributed by atoms with Crippen molar-refractivity contribution in [2.75, 3.05) is 23.9 Å². The van der Waals surface area contributed by atoms with E-state index >= 15 is 0 Å². The van der Waals surface area contributed by atoms with E-state index in [9.17, 15) is 30.4 Å². The molecule has 0 aliphatic heterocycles. The monoisotopic (exact) mass is 754 g/mol. The molecule has 2 N–H and O–H groups in total. The molecule has 5 rings (SSSR count). The van der Waals surface area contributed by atoms with Crippen LogP contribution in [0.3, 0.4) is 0 Å². The molecule has 0 radical (unpaired) electrons. The van der Waals surface area contributed by atoms with E-state index in [1.165, 1.54) is 24.3 Å². The first-order valence-electron chi connectivity index (χ1n) is 14.8. The maximum absolute atomic E-state index is 12.0. The lowest BCUT2D eigenvalue weighted by Gasteiger charge is -2.20. The number of para-hydroxylation sites is 2. The highest BCUT2D eigenvalue weighted by Crippen LogP contribution is 2.40. The smallest absolute Gasteiger partial charge is 0.270 e. The SMILES string of the molecule is O=[N+]([O-])c1cc2c(O)c(c1)Cc1cccc(c1OCCCBr)Cc1cc([N+](=O)[O-])cc(c1O)Cc1cccc(c1OCCCBr)C2. The average molecular weight is 756 g/mol. The van der Waals surface area contributed by atoms with Crippen molar-refractivity contribution < 1.29 is 29.5 Å². The van der Waals surface area contributed by atoms with Crippen LogP contribution in [0.5, 0.6) is 23.0 Å². The molecule has 1 aliphatic rings. The van der Waals surface area contributed by atoms with Crippen molar-refractivity contribution in [3.63, 3.8) is 0 Å². The third-order valence-electron chi connectivity index (χ3n) is 7.86. The molecule has 0 unspecified atom stereocenters. The Kier molecular flexibility index (Phi) is 10.8. The first-order valence-corrected chi connectivity index (χ1v) is 17.0. The second kappa shape index (κ2) is 15.0. The van der Waals surface area contributed by atoms with E-state index in [0.29, 0.717) is 92.7 Å². The summed E-state index contributed by atoms with van der Waals surface area (Å²) in [6.07, 6.45) is 1.89. The van der Waals surface area contributed by atoms with Gasteiger partial charge < -0.3 is 19.7 Å². The largest absolute Gasteiger partial charge is 0.507 e. The predicted molar refractivity (Wildman–Crippen MR) is 181 cm³/mol. The highest BCUT2D eigenvalue weighted by molar-refractivity contribution is 9.09. The van der Waals surface area contributed by atoms with Crippen LogP contribution in [-0.4, -0.2) is 43.9 Å². The Balaban J connectivity index is 1.77. The number of nitro groups is 2. The van der Waals surface area contributed by atoms with Gasteiger partial charge in [-0.3, -0.25) is 20.2 Å². The minimum atomic E-state index is -0.472. The molecule has 4 aromatic rings. The van der Waals surface area contributed by atoms with Gasteiger partial charge in [-0.1, -0.05) is 68.3 Å². The van der Waals surface area contributed by atoms with Crippen LogP contribution in [0, 0.1) is 20.2 Å². The van der Waals surface area contributed by atoms with Crippen molar-refractivity contribution in [3.8, 4) is 23.0 Å². The van der Waals surface area contributed by atoms with Crippen LogP contribution in [0.25, 0.3) is 0 Å². The fourth-order valence-corrected chi connectivity index (χ4v) is 6.17. The molecule has 0 fully saturated rings. The molecular formula is C34H32Br2N2O8. The summed E-state index contributed by atoms with van der Waals surface area (Å²) in [5.74, 6) is 0.904. The Labute approximate surface area is 282 Å². The average Bonchev–Trinajstić information content (AvgIpc) is 3.02. The maximum Gasteiger partial charge on any atom is 0.270 e. The summed E-state index contributed by atoms with van der Waals surface area (Å²) in [5, 5.41) is 48.6. The summed E-state index contributed by atoms with van der Waals surface area (Å²) in [7, 11) is 0. The lowest BCUT2D eigenvalue weighted by atomic mass is 9.91. The van der Waals surface area contributed by atoms with E-state index in [1.54, 1.807) is 12.1 Å². The molecule has 240 valence electrons. The van der Waals surface area contributed by atoms with Gasteiger partial charge in [0.1, 0.15) is 23.0 Å². The molecule has 0 amide bonds. The predicted octanol–water partition coefficient (Wildman–Crippen LogP) is 7.92. The van der Waals surface area contributed by atoms with E-state index in [0.717, 1.165) is 0 Å². The highest BCUT2D eigenvalue weighted by atomic mass is 79.9. The number of hydrogen-bond donors (Lipinski definition) is 2. The van der Waals surface area contributed by atoms with Crippen LogP contribution in [0.2, 0.25) is 0 Å². The van der Waals surface area contributed by atoms with E-state index in [-0.39, 0.29) is 48.6 Å². The van der Waals surface area contributed by atoms with E-state index in [2.05, 4.69) is 31.9 Å². The summed E-state index contributed by atoms with van der Waals surface area (Å²) >= 11 is 6.84. The summed E-state index contributed by atoms with van der Waals surface area (Å²) in [4.78, 5) is 23.1. The van der Waals surface area contributed by atoms with Gasteiger partial charge in [-0.25, -0.2) is 0 Å². The summed E-state index contributed by atoms with van der Waals surface area (Å²) in [5.41, 5.74) is 3.83. The maximum atomic E-state index is 12.0. The van der Waals surface area contributed by atoms with Crippen molar-refractivity contribution in [2.45, 2.75) is 38.5 Å². The Morgan fingerprint density at radius 2 is 0.891 bits per heavy atom. The Morgan fingerprint density at radius 3 is 1.15 bits per heavy atom. The number of aromatic hydroxyl groups is 2. The normalized spacial score (nSPS) is 12.4. The van der Waals surface area contributed by atoms with Crippen molar-refractivity contribution >= 4 is 43.2 Å². The number of ether oxygens (including phenoxy) is 2. The Morgan fingerprint density at radius 1 is 0.587 bits per heavy atom. The minimum Gasteiger partial charge on any atom is -0.507 e. The zero-order valence-corrected chi connectivity index (χ0v) is 28.0. The van der Waals surface area contributed by atoms with Gasteiger partial charge in [0.05, 0.1) is 23.1 Å². The molecule has 0 atom stereocenters. The molecule has 0 spiro atoms. The standard InChI is InChI=1S/C34H32Br2N2O8/c35-9-3-11-45-33-21-5-1-6-22(33)14-26-18-30(38(43)44)20-28(32(26)40)16-24-8-2-7-23(34(24)46-12-4-10-36)15-27-19-29(37(41)42)17-25(13-21)31(27)39/h1-2,5-8,17-20,39-40H,3-4,9-16H2. The van der Waals surface area contributed by atoms with Crippen molar-refractivity contribution in [1.29, 1.82) is 0 Å². The molecule has 1 aliphatic carbocycles. The number of alkyl halides is 2. The number of fused-ring (bicyclic) bond motifs is 8. The van der Waals surface area contributed by atoms with Crippen LogP contribution >= 0.6 is 31.9 Å². The van der Waals surface area contributed by atoms with Gasteiger partial charge in [-0.05, 0) is 35.1 Å². The number of phenolic OH excluding ortho intramolecular Hbond substituents is 2. The number of benzene rings is 4. The van der Waals surface area contributed by atoms with Gasteiger partial charge in [-0.15, -0.1) is 0 Å². The first kappa shape index (κ1) is 33.2. The first-order chi connectivity index (χ1) is 22.2. The zero-order valence-electron chi connectivity index (χ0n) is 24.8. The highest BCUT2D eigenvalue weighted by Gasteiger charge is 2.24. The van der Waals surface area contributed by atoms with Gasteiger partial charge >= 0.3 is 0 Å². The van der Waals surface area contributed by atoms with Crippen molar-refractivity contribution in [2.24, 2.45) is 0 Å². The summed E-state index contributed by atoms with van der Waals surface area (Å²) < 4.78 is 12.5. The lowest BCUT2D eigenvalue weighted by molar-refractivity contribution is -0.385. The van der Waals surface area contributed by atoms with E-state index < -0.39 is 9.85 Å². The quantitative estimate of drug-likeness (QED) is 0.0633. The molecule has 4 aromatic carbocycles. The number of rotatable bonds is 10. The third-order valence-corrected chi connectivity index (χ3v) is 8.98. The van der Waals surface area contributed by atoms with Crippen LogP contribution in [-0.2, 0) is 25.7 Å². The number of hydrogen-bond acceptors (Lipinski definition) is 8. The van der Waals surface area contributed by atoms with Gasteiger partial charge in [0.25, 0.3) is 11.4 Å². The fourth-order valence-electron chi connectivity index (χ4n) is 5.72. The number of nitrogens with zero attached hydrogens (tertiary/aromatic N) is 2. The number of halogens is 2. The second-order valence-corrected chi connectivity index (χ2v) is 12.6. The molecule has 46 heavy (non-hydrogen) atoms. The van der Waals surface area contributed by atoms with Crippen LogP contribution in [0.1, 0.15) is 57.3 Å². The number of nitro benzene ring substituents is 2. The molecule has 0 heterocycles. The van der Waals surface area contributed by atoms with Crippen LogP contribution in [0.15, 0.2) is 60.7 Å². The minimum absolute atomic E-state index is 0.0511.